The number of methoxy groups -OCH3 is 1. The first kappa shape index (κ1) is 14.8. The number of nitrogens with one attached hydrogen (secondary N) is 1. The van der Waals surface area contributed by atoms with Crippen LogP contribution in [0.3, 0.4) is 0 Å². The van der Waals surface area contributed by atoms with E-state index >= 15 is 0 Å². The molecule has 0 bridgehead atoms. The SMILES string of the molecule is COCCOCNC(=O)N(CCN)C(C)=O. The van der Waals surface area contributed by atoms with E-state index in [4.69, 9.17) is 15.2 Å². The molecule has 0 radical (unpaired) electrons. The van der Waals surface area contributed by atoms with Crippen molar-refractivity contribution in [2.75, 3.05) is 40.1 Å². The van der Waals surface area contributed by atoms with E-state index in [0.717, 1.165) is 4.90 Å². The zero-order valence-electron chi connectivity index (χ0n) is 9.69. The molecule has 0 aliphatic heterocycles. The van der Waals surface area contributed by atoms with Crippen LogP contribution in [0.2, 0.25) is 0 Å². The molecular weight excluding hydrogens is 214 g/mol. The van der Waals surface area contributed by atoms with Crippen molar-refractivity contribution in [3.8, 4) is 0 Å². The van der Waals surface area contributed by atoms with E-state index in [1.807, 2.05) is 0 Å². The maximum atomic E-state index is 11.4. The van der Waals surface area contributed by atoms with Gasteiger partial charge < -0.3 is 20.5 Å². The molecule has 0 atom stereocenters. The van der Waals surface area contributed by atoms with Crippen molar-refractivity contribution in [1.29, 1.82) is 0 Å². The minimum atomic E-state index is -0.504. The van der Waals surface area contributed by atoms with Crippen LogP contribution in [0.1, 0.15) is 6.92 Å². The number of amides is 3. The monoisotopic (exact) mass is 233 g/mol. The molecule has 3 N–H and O–H groups in total. The van der Waals surface area contributed by atoms with Crippen molar-refractivity contribution in [1.82, 2.24) is 10.2 Å². The van der Waals surface area contributed by atoms with Crippen LogP contribution in [0.5, 0.6) is 0 Å². The maximum absolute atomic E-state index is 11.4. The van der Waals surface area contributed by atoms with Gasteiger partial charge in [0.15, 0.2) is 0 Å². The Hall–Kier alpha value is -1.18. The Labute approximate surface area is 94.9 Å². The van der Waals surface area contributed by atoms with Crippen LogP contribution < -0.4 is 11.1 Å². The summed E-state index contributed by atoms with van der Waals surface area (Å²) in [6.45, 7) is 2.61. The van der Waals surface area contributed by atoms with E-state index in [9.17, 15) is 9.59 Å². The third kappa shape index (κ3) is 6.33. The number of hydrogen-bond donors (Lipinski definition) is 2. The lowest BCUT2D eigenvalue weighted by Gasteiger charge is -2.18. The highest BCUT2D eigenvalue weighted by Gasteiger charge is 2.15. The predicted molar refractivity (Wildman–Crippen MR) is 57.7 cm³/mol. The van der Waals surface area contributed by atoms with E-state index in [2.05, 4.69) is 5.32 Å². The van der Waals surface area contributed by atoms with Gasteiger partial charge in [-0.2, -0.15) is 0 Å². The van der Waals surface area contributed by atoms with Crippen molar-refractivity contribution in [2.45, 2.75) is 6.92 Å². The highest BCUT2D eigenvalue weighted by atomic mass is 16.5. The Morgan fingerprint density at radius 1 is 1.38 bits per heavy atom. The second kappa shape index (κ2) is 9.08. The molecule has 7 nitrogen and oxygen atoms in total. The molecule has 0 aromatic heterocycles. The smallest absolute Gasteiger partial charge is 0.325 e. The highest BCUT2D eigenvalue weighted by molar-refractivity contribution is 5.93. The fraction of sp³-hybridized carbons (Fsp3) is 0.778. The Balaban J connectivity index is 3.79. The number of rotatable bonds is 7. The predicted octanol–water partition coefficient (Wildman–Crippen LogP) is -0.876. The van der Waals surface area contributed by atoms with Gasteiger partial charge in [0.2, 0.25) is 5.91 Å². The average molecular weight is 233 g/mol. The topological polar surface area (TPSA) is 93.9 Å². The van der Waals surface area contributed by atoms with Crippen molar-refractivity contribution < 1.29 is 19.1 Å². The summed E-state index contributed by atoms with van der Waals surface area (Å²) in [5, 5.41) is 2.44. The van der Waals surface area contributed by atoms with Gasteiger partial charge in [-0.25, -0.2) is 4.79 Å². The number of hydrogen-bond acceptors (Lipinski definition) is 5. The molecule has 16 heavy (non-hydrogen) atoms. The van der Waals surface area contributed by atoms with Gasteiger partial charge in [0.1, 0.15) is 6.73 Å². The summed E-state index contributed by atoms with van der Waals surface area (Å²) in [4.78, 5) is 23.5. The number of urea groups is 1. The number of ether oxygens (including phenoxy) is 2. The summed E-state index contributed by atoms with van der Waals surface area (Å²) in [6, 6.07) is -0.504. The third-order valence-corrected chi connectivity index (χ3v) is 1.74. The zero-order valence-corrected chi connectivity index (χ0v) is 9.69. The maximum Gasteiger partial charge on any atom is 0.325 e. The molecule has 0 aromatic rings. The molecule has 94 valence electrons. The molecule has 0 fully saturated rings. The fourth-order valence-corrected chi connectivity index (χ4v) is 0.954. The molecule has 0 aliphatic carbocycles. The lowest BCUT2D eigenvalue weighted by molar-refractivity contribution is -0.125. The van der Waals surface area contributed by atoms with Crippen LogP contribution in [0.25, 0.3) is 0 Å². The first-order chi connectivity index (χ1) is 7.63. The first-order valence-corrected chi connectivity index (χ1v) is 4.96. The van der Waals surface area contributed by atoms with E-state index in [-0.39, 0.29) is 25.7 Å². The molecule has 0 saturated heterocycles. The van der Waals surface area contributed by atoms with Crippen molar-refractivity contribution >= 4 is 11.9 Å². The minimum Gasteiger partial charge on any atom is -0.382 e. The highest BCUT2D eigenvalue weighted by Crippen LogP contribution is 1.89. The molecule has 0 saturated carbocycles. The number of nitrogens with two attached hydrogens (primary N) is 1. The van der Waals surface area contributed by atoms with E-state index in [1.165, 1.54) is 6.92 Å². The quantitative estimate of drug-likeness (QED) is 0.440. The summed E-state index contributed by atoms with van der Waals surface area (Å²) in [7, 11) is 1.56. The fourth-order valence-electron chi connectivity index (χ4n) is 0.954. The van der Waals surface area contributed by atoms with Gasteiger partial charge in [0.25, 0.3) is 0 Å². The van der Waals surface area contributed by atoms with Crippen LogP contribution in [-0.2, 0) is 14.3 Å². The van der Waals surface area contributed by atoms with Gasteiger partial charge in [-0.15, -0.1) is 0 Å². The Morgan fingerprint density at radius 3 is 2.56 bits per heavy atom. The molecule has 0 aliphatic rings. The van der Waals surface area contributed by atoms with Crippen LogP contribution >= 0.6 is 0 Å². The second-order valence-electron chi connectivity index (χ2n) is 2.99. The van der Waals surface area contributed by atoms with Gasteiger partial charge in [0, 0.05) is 27.1 Å². The Bertz CT molecular complexity index is 223. The third-order valence-electron chi connectivity index (χ3n) is 1.74. The normalized spacial score (nSPS) is 9.94. The van der Waals surface area contributed by atoms with Gasteiger partial charge in [-0.1, -0.05) is 0 Å². The lowest BCUT2D eigenvalue weighted by Crippen LogP contribution is -2.45. The van der Waals surface area contributed by atoms with E-state index in [1.54, 1.807) is 7.11 Å². The van der Waals surface area contributed by atoms with E-state index < -0.39 is 6.03 Å². The first-order valence-electron chi connectivity index (χ1n) is 4.96. The Morgan fingerprint density at radius 2 is 2.06 bits per heavy atom. The molecule has 0 heterocycles. The van der Waals surface area contributed by atoms with Crippen LogP contribution in [0.15, 0.2) is 0 Å². The molecule has 3 amide bonds. The number of nitrogens with zero attached hydrogens (tertiary/aromatic N) is 1. The molecule has 7 heteroatoms. The minimum absolute atomic E-state index is 0.0382. The van der Waals surface area contributed by atoms with Gasteiger partial charge >= 0.3 is 6.03 Å². The van der Waals surface area contributed by atoms with Gasteiger partial charge in [-0.05, 0) is 0 Å². The number of carbonyl (C=O) groups is 2. The summed E-state index contributed by atoms with van der Waals surface area (Å²) < 4.78 is 9.78. The number of imide groups is 1. The lowest BCUT2D eigenvalue weighted by atomic mass is 10.5. The van der Waals surface area contributed by atoms with Crippen molar-refractivity contribution in [3.05, 3.63) is 0 Å². The molecular formula is C9H19N3O4. The summed E-state index contributed by atoms with van der Waals surface area (Å²) in [5.74, 6) is -0.347. The zero-order chi connectivity index (χ0) is 12.4. The second-order valence-corrected chi connectivity index (χ2v) is 2.99. The molecule has 0 spiro atoms. The Kier molecular flexibility index (Phi) is 8.41. The average Bonchev–Trinajstić information content (AvgIpc) is 2.24. The van der Waals surface area contributed by atoms with Crippen LogP contribution in [0, 0.1) is 0 Å². The number of carbonyl (C=O) groups excluding carboxylic acids is 2. The van der Waals surface area contributed by atoms with E-state index in [0.29, 0.717) is 13.2 Å². The molecule has 0 rings (SSSR count). The summed E-state index contributed by atoms with van der Waals surface area (Å²) in [6.07, 6.45) is 0. The summed E-state index contributed by atoms with van der Waals surface area (Å²) in [5.41, 5.74) is 5.28. The van der Waals surface area contributed by atoms with Crippen molar-refractivity contribution in [2.24, 2.45) is 5.73 Å². The van der Waals surface area contributed by atoms with Crippen LogP contribution in [0.4, 0.5) is 4.79 Å². The molecule has 0 aromatic carbocycles. The van der Waals surface area contributed by atoms with Gasteiger partial charge in [-0.3, -0.25) is 9.69 Å². The van der Waals surface area contributed by atoms with Crippen molar-refractivity contribution in [3.63, 3.8) is 0 Å². The largest absolute Gasteiger partial charge is 0.382 e. The summed E-state index contributed by atoms with van der Waals surface area (Å²) >= 11 is 0. The standard InChI is InChI=1S/C9H19N3O4/c1-8(13)12(4-3-10)9(14)11-7-16-6-5-15-2/h3-7,10H2,1-2H3,(H,11,14). The van der Waals surface area contributed by atoms with Crippen LogP contribution in [-0.4, -0.2) is 57.0 Å². The molecule has 0 unspecified atom stereocenters. The van der Waals surface area contributed by atoms with Gasteiger partial charge in [0.05, 0.1) is 13.2 Å².